The summed E-state index contributed by atoms with van der Waals surface area (Å²) in [6.45, 7) is 5.47. The standard InChI is InChI=1S/C25H39N5O2.HI/c1-2-26-25(27-15-13-23(31)29-22-11-7-4-8-12-22)28-18-21-17-24(32)30(19-21)16-14-20-9-5-3-6-10-20;/h3,5-6,9-10,21-22H,2,4,7-8,11-19H2,1H3,(H,29,31)(H2,26,27,28);1H. The average Bonchev–Trinajstić information content (AvgIpc) is 3.17. The molecule has 8 heteroatoms. The van der Waals surface area contributed by atoms with Gasteiger partial charge in [0, 0.05) is 57.5 Å². The lowest BCUT2D eigenvalue weighted by atomic mass is 9.95. The third-order valence-electron chi connectivity index (χ3n) is 6.27. The van der Waals surface area contributed by atoms with Crippen LogP contribution in [0.3, 0.4) is 0 Å². The monoisotopic (exact) mass is 569 g/mol. The van der Waals surface area contributed by atoms with E-state index >= 15 is 0 Å². The summed E-state index contributed by atoms with van der Waals surface area (Å²) in [5.41, 5.74) is 1.26. The predicted molar refractivity (Wildman–Crippen MR) is 144 cm³/mol. The summed E-state index contributed by atoms with van der Waals surface area (Å²) in [5, 5.41) is 9.65. The quantitative estimate of drug-likeness (QED) is 0.230. The molecule has 1 aliphatic heterocycles. The minimum absolute atomic E-state index is 0. The topological polar surface area (TPSA) is 85.8 Å². The molecule has 1 unspecified atom stereocenters. The van der Waals surface area contributed by atoms with Gasteiger partial charge in [-0.15, -0.1) is 24.0 Å². The van der Waals surface area contributed by atoms with Gasteiger partial charge in [-0.3, -0.25) is 14.6 Å². The van der Waals surface area contributed by atoms with Crippen LogP contribution in [0.15, 0.2) is 35.3 Å². The van der Waals surface area contributed by atoms with Crippen LogP contribution >= 0.6 is 24.0 Å². The Morgan fingerprint density at radius 3 is 2.61 bits per heavy atom. The van der Waals surface area contributed by atoms with Crippen molar-refractivity contribution in [3.05, 3.63) is 35.9 Å². The second-order valence-electron chi connectivity index (χ2n) is 8.94. The van der Waals surface area contributed by atoms with Gasteiger partial charge in [0.05, 0.1) is 0 Å². The first kappa shape index (κ1) is 27.4. The molecular formula is C25H40IN5O2. The van der Waals surface area contributed by atoms with Gasteiger partial charge in [-0.25, -0.2) is 0 Å². The van der Waals surface area contributed by atoms with E-state index in [0.29, 0.717) is 37.9 Å². The molecule has 2 aliphatic rings. The smallest absolute Gasteiger partial charge is 0.223 e. The molecule has 7 nitrogen and oxygen atoms in total. The van der Waals surface area contributed by atoms with Crippen molar-refractivity contribution in [2.45, 2.75) is 64.3 Å². The van der Waals surface area contributed by atoms with Crippen LogP contribution in [0.4, 0.5) is 0 Å². The van der Waals surface area contributed by atoms with Crippen molar-refractivity contribution in [2.75, 3.05) is 32.7 Å². The van der Waals surface area contributed by atoms with Crippen LogP contribution < -0.4 is 16.0 Å². The number of likely N-dealkylation sites (tertiary alicyclic amines) is 1. The van der Waals surface area contributed by atoms with Gasteiger partial charge in [0.25, 0.3) is 0 Å². The van der Waals surface area contributed by atoms with E-state index in [0.717, 1.165) is 38.9 Å². The lowest BCUT2D eigenvalue weighted by Gasteiger charge is -2.22. The van der Waals surface area contributed by atoms with E-state index in [2.05, 4.69) is 33.1 Å². The summed E-state index contributed by atoms with van der Waals surface area (Å²) in [4.78, 5) is 31.2. The van der Waals surface area contributed by atoms with E-state index in [-0.39, 0.29) is 41.7 Å². The Labute approximate surface area is 215 Å². The zero-order valence-corrected chi connectivity index (χ0v) is 22.2. The summed E-state index contributed by atoms with van der Waals surface area (Å²) in [7, 11) is 0. The van der Waals surface area contributed by atoms with Gasteiger partial charge in [-0.05, 0) is 31.7 Å². The minimum atomic E-state index is 0. The maximum Gasteiger partial charge on any atom is 0.223 e. The highest BCUT2D eigenvalue weighted by Crippen LogP contribution is 2.19. The number of benzene rings is 1. The summed E-state index contributed by atoms with van der Waals surface area (Å²) >= 11 is 0. The molecule has 2 fully saturated rings. The van der Waals surface area contributed by atoms with Gasteiger partial charge in [0.15, 0.2) is 5.96 Å². The van der Waals surface area contributed by atoms with Crippen molar-refractivity contribution in [1.82, 2.24) is 20.9 Å². The highest BCUT2D eigenvalue weighted by molar-refractivity contribution is 14.0. The third-order valence-corrected chi connectivity index (χ3v) is 6.27. The Bertz CT molecular complexity index is 752. The number of nitrogens with one attached hydrogen (secondary N) is 3. The fraction of sp³-hybridized carbons (Fsp3) is 0.640. The van der Waals surface area contributed by atoms with E-state index in [1.54, 1.807) is 0 Å². The van der Waals surface area contributed by atoms with Crippen LogP contribution in [0, 0.1) is 5.92 Å². The molecule has 3 N–H and O–H groups in total. The first-order valence-corrected chi connectivity index (χ1v) is 12.3. The zero-order chi connectivity index (χ0) is 22.6. The van der Waals surface area contributed by atoms with Gasteiger partial charge in [0.1, 0.15) is 0 Å². The van der Waals surface area contributed by atoms with Crippen molar-refractivity contribution in [2.24, 2.45) is 10.9 Å². The molecule has 1 heterocycles. The van der Waals surface area contributed by atoms with Crippen LogP contribution in [0.5, 0.6) is 0 Å². The summed E-state index contributed by atoms with van der Waals surface area (Å²) in [6, 6.07) is 10.6. The van der Waals surface area contributed by atoms with E-state index < -0.39 is 0 Å². The highest BCUT2D eigenvalue weighted by atomic mass is 127. The number of nitrogens with zero attached hydrogens (tertiary/aromatic N) is 2. The molecular weight excluding hydrogens is 529 g/mol. The van der Waals surface area contributed by atoms with Crippen molar-refractivity contribution >= 4 is 41.8 Å². The summed E-state index contributed by atoms with van der Waals surface area (Å²) in [6.07, 6.45) is 7.81. The number of carbonyl (C=O) groups is 2. The molecule has 0 bridgehead atoms. The van der Waals surface area contributed by atoms with Gasteiger partial charge in [-0.1, -0.05) is 49.6 Å². The molecule has 0 radical (unpaired) electrons. The first-order chi connectivity index (χ1) is 15.6. The van der Waals surface area contributed by atoms with Crippen LogP contribution in [0.25, 0.3) is 0 Å². The minimum Gasteiger partial charge on any atom is -0.357 e. The second kappa shape index (κ2) is 15.1. The zero-order valence-electron chi connectivity index (χ0n) is 19.9. The van der Waals surface area contributed by atoms with Crippen LogP contribution in [0.1, 0.15) is 57.4 Å². The van der Waals surface area contributed by atoms with E-state index in [4.69, 9.17) is 0 Å². The number of guanidine groups is 1. The Balaban J connectivity index is 0.00000385. The molecule has 1 aromatic carbocycles. The predicted octanol–water partition coefficient (Wildman–Crippen LogP) is 3.09. The lowest BCUT2D eigenvalue weighted by Crippen LogP contribution is -2.41. The largest absolute Gasteiger partial charge is 0.357 e. The fourth-order valence-electron chi connectivity index (χ4n) is 4.50. The van der Waals surface area contributed by atoms with Gasteiger partial charge in [-0.2, -0.15) is 0 Å². The number of rotatable bonds is 10. The Hall–Kier alpha value is -1.84. The van der Waals surface area contributed by atoms with Crippen molar-refractivity contribution < 1.29 is 9.59 Å². The van der Waals surface area contributed by atoms with Crippen molar-refractivity contribution in [3.8, 4) is 0 Å². The van der Waals surface area contributed by atoms with Gasteiger partial charge >= 0.3 is 0 Å². The molecule has 1 aromatic rings. The number of hydrogen-bond acceptors (Lipinski definition) is 3. The molecule has 184 valence electrons. The average molecular weight is 570 g/mol. The second-order valence-corrected chi connectivity index (χ2v) is 8.94. The van der Waals surface area contributed by atoms with Crippen LogP contribution in [-0.4, -0.2) is 61.4 Å². The molecule has 1 saturated carbocycles. The Morgan fingerprint density at radius 2 is 1.88 bits per heavy atom. The number of aliphatic imine (C=N–C) groups is 1. The molecule has 0 aromatic heterocycles. The molecule has 2 amide bonds. The van der Waals surface area contributed by atoms with Crippen LogP contribution in [0.2, 0.25) is 0 Å². The molecule has 1 saturated heterocycles. The number of halogens is 1. The molecule has 33 heavy (non-hydrogen) atoms. The van der Waals surface area contributed by atoms with Crippen molar-refractivity contribution in [1.29, 1.82) is 0 Å². The third kappa shape index (κ3) is 9.90. The maximum absolute atomic E-state index is 12.4. The van der Waals surface area contributed by atoms with Crippen LogP contribution in [-0.2, 0) is 16.0 Å². The number of amides is 2. The fourth-order valence-corrected chi connectivity index (χ4v) is 4.50. The lowest BCUT2D eigenvalue weighted by molar-refractivity contribution is -0.127. The Kier molecular flexibility index (Phi) is 12.6. The Morgan fingerprint density at radius 1 is 1.12 bits per heavy atom. The van der Waals surface area contributed by atoms with Crippen molar-refractivity contribution in [3.63, 3.8) is 0 Å². The number of hydrogen-bond donors (Lipinski definition) is 3. The van der Waals surface area contributed by atoms with E-state index in [9.17, 15) is 9.59 Å². The van der Waals surface area contributed by atoms with E-state index in [1.807, 2.05) is 30.0 Å². The molecule has 0 spiro atoms. The van der Waals surface area contributed by atoms with Gasteiger partial charge < -0.3 is 20.9 Å². The summed E-state index contributed by atoms with van der Waals surface area (Å²) < 4.78 is 0. The van der Waals surface area contributed by atoms with Gasteiger partial charge in [0.2, 0.25) is 11.8 Å². The maximum atomic E-state index is 12.4. The first-order valence-electron chi connectivity index (χ1n) is 12.3. The SMILES string of the molecule is CCNC(=NCC1CC(=O)N(CCc2ccccc2)C1)NCCC(=O)NC1CCCCC1.I. The molecule has 3 rings (SSSR count). The normalized spacial score (nSPS) is 19.2. The molecule has 1 atom stereocenters. The number of carbonyl (C=O) groups excluding carboxylic acids is 2. The highest BCUT2D eigenvalue weighted by Gasteiger charge is 2.29. The van der Waals surface area contributed by atoms with E-state index in [1.165, 1.54) is 24.8 Å². The molecule has 1 aliphatic carbocycles. The summed E-state index contributed by atoms with van der Waals surface area (Å²) in [5.74, 6) is 1.28.